The SMILES string of the molecule is CCCCN(Cc1cccc(Cl)c1)C(=O)NC[C@@H](C)N(C)C. The largest absolute Gasteiger partial charge is 0.336 e. The van der Waals surface area contributed by atoms with Crippen LogP contribution in [0.1, 0.15) is 32.3 Å². The van der Waals surface area contributed by atoms with E-state index in [2.05, 4.69) is 24.1 Å². The van der Waals surface area contributed by atoms with E-state index in [-0.39, 0.29) is 6.03 Å². The van der Waals surface area contributed by atoms with Gasteiger partial charge in [-0.15, -0.1) is 0 Å². The highest BCUT2D eigenvalue weighted by atomic mass is 35.5. The third kappa shape index (κ3) is 6.67. The molecule has 1 rings (SSSR count). The van der Waals surface area contributed by atoms with Crippen LogP contribution < -0.4 is 5.32 Å². The molecule has 0 aliphatic carbocycles. The van der Waals surface area contributed by atoms with E-state index in [0.717, 1.165) is 24.9 Å². The summed E-state index contributed by atoms with van der Waals surface area (Å²) in [5, 5.41) is 3.72. The predicted octanol–water partition coefficient (Wildman–Crippen LogP) is 3.60. The fraction of sp³-hybridized carbons (Fsp3) is 0.588. The molecule has 1 aromatic carbocycles. The fourth-order valence-electron chi connectivity index (χ4n) is 1.99. The first-order valence-corrected chi connectivity index (χ1v) is 8.25. The highest BCUT2D eigenvalue weighted by molar-refractivity contribution is 6.30. The standard InChI is InChI=1S/C17H28ClN3O/c1-5-6-10-21(13-15-8-7-9-16(18)11-15)17(22)19-12-14(2)20(3)4/h7-9,11,14H,5-6,10,12-13H2,1-4H3,(H,19,22)/t14-/m1/s1. The molecule has 1 aromatic rings. The number of amides is 2. The lowest BCUT2D eigenvalue weighted by Gasteiger charge is -2.26. The van der Waals surface area contributed by atoms with E-state index >= 15 is 0 Å². The van der Waals surface area contributed by atoms with Crippen LogP contribution in [-0.4, -0.2) is 49.1 Å². The zero-order chi connectivity index (χ0) is 16.5. The number of unbranched alkanes of at least 4 members (excludes halogenated alkanes) is 1. The van der Waals surface area contributed by atoms with Gasteiger partial charge in [-0.05, 0) is 45.1 Å². The number of carbonyl (C=O) groups excluding carboxylic acids is 1. The molecule has 1 N–H and O–H groups in total. The number of nitrogens with zero attached hydrogens (tertiary/aromatic N) is 2. The number of benzene rings is 1. The molecule has 0 saturated heterocycles. The van der Waals surface area contributed by atoms with Crippen LogP contribution in [0.3, 0.4) is 0 Å². The Kier molecular flexibility index (Phi) is 8.28. The Morgan fingerprint density at radius 2 is 2.09 bits per heavy atom. The van der Waals surface area contributed by atoms with Gasteiger partial charge in [0.15, 0.2) is 0 Å². The topological polar surface area (TPSA) is 35.6 Å². The second kappa shape index (κ2) is 9.70. The van der Waals surface area contributed by atoms with E-state index in [9.17, 15) is 4.79 Å². The molecule has 0 bridgehead atoms. The minimum Gasteiger partial charge on any atom is -0.336 e. The molecule has 2 amide bonds. The fourth-order valence-corrected chi connectivity index (χ4v) is 2.20. The minimum atomic E-state index is -0.0119. The van der Waals surface area contributed by atoms with E-state index in [0.29, 0.717) is 24.2 Å². The highest BCUT2D eigenvalue weighted by Crippen LogP contribution is 2.13. The molecule has 0 unspecified atom stereocenters. The third-order valence-corrected chi connectivity index (χ3v) is 4.00. The Hall–Kier alpha value is -1.26. The summed E-state index contributed by atoms with van der Waals surface area (Å²) in [5.41, 5.74) is 1.06. The zero-order valence-electron chi connectivity index (χ0n) is 14.1. The number of carbonyl (C=O) groups is 1. The Labute approximate surface area is 139 Å². The Morgan fingerprint density at radius 3 is 2.68 bits per heavy atom. The lowest BCUT2D eigenvalue weighted by Crippen LogP contribution is -2.45. The van der Waals surface area contributed by atoms with Crippen molar-refractivity contribution in [3.8, 4) is 0 Å². The number of hydrogen-bond acceptors (Lipinski definition) is 2. The monoisotopic (exact) mass is 325 g/mol. The maximum absolute atomic E-state index is 12.4. The van der Waals surface area contributed by atoms with Crippen molar-refractivity contribution in [2.45, 2.75) is 39.3 Å². The summed E-state index contributed by atoms with van der Waals surface area (Å²) < 4.78 is 0. The van der Waals surface area contributed by atoms with Gasteiger partial charge in [-0.3, -0.25) is 0 Å². The minimum absolute atomic E-state index is 0.0119. The first-order valence-electron chi connectivity index (χ1n) is 7.87. The van der Waals surface area contributed by atoms with E-state index in [4.69, 9.17) is 11.6 Å². The molecule has 0 aromatic heterocycles. The number of urea groups is 1. The number of hydrogen-bond donors (Lipinski definition) is 1. The number of rotatable bonds is 8. The van der Waals surface area contributed by atoms with Crippen LogP contribution in [0.15, 0.2) is 24.3 Å². The smallest absolute Gasteiger partial charge is 0.317 e. The van der Waals surface area contributed by atoms with Crippen molar-refractivity contribution in [2.75, 3.05) is 27.2 Å². The van der Waals surface area contributed by atoms with Gasteiger partial charge >= 0.3 is 6.03 Å². The van der Waals surface area contributed by atoms with Crippen LogP contribution in [0.4, 0.5) is 4.79 Å². The van der Waals surface area contributed by atoms with Crippen molar-refractivity contribution in [1.82, 2.24) is 15.1 Å². The molecular formula is C17H28ClN3O. The normalized spacial score (nSPS) is 12.3. The average Bonchev–Trinajstić information content (AvgIpc) is 2.48. The first kappa shape index (κ1) is 18.8. The van der Waals surface area contributed by atoms with Gasteiger partial charge in [-0.25, -0.2) is 4.79 Å². The molecule has 5 heteroatoms. The van der Waals surface area contributed by atoms with Gasteiger partial charge < -0.3 is 15.1 Å². The predicted molar refractivity (Wildman–Crippen MR) is 93.3 cm³/mol. The van der Waals surface area contributed by atoms with Gasteiger partial charge in [0.1, 0.15) is 0 Å². The second-order valence-electron chi connectivity index (χ2n) is 5.90. The molecule has 124 valence electrons. The molecule has 0 aliphatic heterocycles. The van der Waals surface area contributed by atoms with E-state index in [1.165, 1.54) is 0 Å². The Balaban J connectivity index is 2.64. The van der Waals surface area contributed by atoms with Crippen molar-refractivity contribution >= 4 is 17.6 Å². The summed E-state index contributed by atoms with van der Waals surface area (Å²) >= 11 is 6.03. The summed E-state index contributed by atoms with van der Waals surface area (Å²) in [6, 6.07) is 7.98. The quantitative estimate of drug-likeness (QED) is 0.792. The van der Waals surface area contributed by atoms with Gasteiger partial charge in [-0.1, -0.05) is 37.1 Å². The number of likely N-dealkylation sites (N-methyl/N-ethyl adjacent to an activating group) is 1. The lowest BCUT2D eigenvalue weighted by atomic mass is 10.2. The van der Waals surface area contributed by atoms with Crippen molar-refractivity contribution in [1.29, 1.82) is 0 Å². The molecule has 22 heavy (non-hydrogen) atoms. The molecular weight excluding hydrogens is 298 g/mol. The van der Waals surface area contributed by atoms with Crippen LogP contribution >= 0.6 is 11.6 Å². The van der Waals surface area contributed by atoms with Crippen LogP contribution in [0, 0.1) is 0 Å². The summed E-state index contributed by atoms with van der Waals surface area (Å²) in [4.78, 5) is 16.4. The van der Waals surface area contributed by atoms with Crippen LogP contribution in [0.25, 0.3) is 0 Å². The molecule has 0 fully saturated rings. The second-order valence-corrected chi connectivity index (χ2v) is 6.34. The van der Waals surface area contributed by atoms with Gasteiger partial charge in [0.2, 0.25) is 0 Å². The molecule has 0 heterocycles. The maximum Gasteiger partial charge on any atom is 0.317 e. The number of nitrogens with one attached hydrogen (secondary N) is 1. The molecule has 4 nitrogen and oxygen atoms in total. The van der Waals surface area contributed by atoms with E-state index in [1.54, 1.807) is 0 Å². The summed E-state index contributed by atoms with van der Waals surface area (Å²) in [6.45, 7) is 6.20. The highest BCUT2D eigenvalue weighted by Gasteiger charge is 2.15. The summed E-state index contributed by atoms with van der Waals surface area (Å²) in [7, 11) is 4.02. The molecule has 1 atom stereocenters. The van der Waals surface area contributed by atoms with Gasteiger partial charge in [0, 0.05) is 30.7 Å². The van der Waals surface area contributed by atoms with Crippen molar-refractivity contribution in [3.05, 3.63) is 34.9 Å². The molecule has 0 spiro atoms. The van der Waals surface area contributed by atoms with Crippen molar-refractivity contribution in [2.24, 2.45) is 0 Å². The van der Waals surface area contributed by atoms with E-state index in [1.807, 2.05) is 43.3 Å². The van der Waals surface area contributed by atoms with Crippen molar-refractivity contribution < 1.29 is 4.79 Å². The van der Waals surface area contributed by atoms with Gasteiger partial charge in [-0.2, -0.15) is 0 Å². The molecule has 0 aliphatic rings. The summed E-state index contributed by atoms with van der Waals surface area (Å²) in [6.07, 6.45) is 2.06. The van der Waals surface area contributed by atoms with Gasteiger partial charge in [0.25, 0.3) is 0 Å². The molecule has 0 saturated carbocycles. The number of halogens is 1. The maximum atomic E-state index is 12.4. The van der Waals surface area contributed by atoms with Crippen LogP contribution in [-0.2, 0) is 6.54 Å². The third-order valence-electron chi connectivity index (χ3n) is 3.76. The zero-order valence-corrected chi connectivity index (χ0v) is 14.9. The lowest BCUT2D eigenvalue weighted by molar-refractivity contribution is 0.190. The van der Waals surface area contributed by atoms with Gasteiger partial charge in [0.05, 0.1) is 0 Å². The van der Waals surface area contributed by atoms with E-state index < -0.39 is 0 Å². The summed E-state index contributed by atoms with van der Waals surface area (Å²) in [5.74, 6) is 0. The Morgan fingerprint density at radius 1 is 1.36 bits per heavy atom. The first-order chi connectivity index (χ1) is 10.4. The molecule has 0 radical (unpaired) electrons. The van der Waals surface area contributed by atoms with Crippen LogP contribution in [0.5, 0.6) is 0 Å². The van der Waals surface area contributed by atoms with Crippen LogP contribution in [0.2, 0.25) is 5.02 Å². The Bertz CT molecular complexity index is 465. The van der Waals surface area contributed by atoms with Crippen molar-refractivity contribution in [3.63, 3.8) is 0 Å². The average molecular weight is 326 g/mol.